The highest BCUT2D eigenvalue weighted by atomic mass is 79.9. The fourth-order valence-electron chi connectivity index (χ4n) is 1.99. The van der Waals surface area contributed by atoms with Gasteiger partial charge in [0.2, 0.25) is 0 Å². The third kappa shape index (κ3) is 3.96. The molecule has 0 N–H and O–H groups in total. The van der Waals surface area contributed by atoms with Crippen LogP contribution in [-0.4, -0.2) is 0 Å². The molecule has 0 aromatic heterocycles. The predicted octanol–water partition coefficient (Wildman–Crippen LogP) is 5.95. The van der Waals surface area contributed by atoms with E-state index in [4.69, 9.17) is 0 Å². The highest BCUT2D eigenvalue weighted by molar-refractivity contribution is 9.10. The lowest BCUT2D eigenvalue weighted by atomic mass is 9.94. The summed E-state index contributed by atoms with van der Waals surface area (Å²) in [4.78, 5) is 0. The molecule has 0 saturated carbocycles. The Labute approximate surface area is 126 Å². The highest BCUT2D eigenvalue weighted by Gasteiger charge is 2.05. The fourth-order valence-corrected chi connectivity index (χ4v) is 2.52. The van der Waals surface area contributed by atoms with Crippen LogP contribution in [0.2, 0.25) is 0 Å². The molecule has 2 aromatic rings. The maximum atomic E-state index is 3.47. The molecule has 0 spiro atoms. The Bertz CT molecular complexity index is 486. The summed E-state index contributed by atoms with van der Waals surface area (Å²) in [6.45, 7) is 2.29. The van der Waals surface area contributed by atoms with Crippen LogP contribution < -0.4 is 0 Å². The molecule has 2 heteroatoms. The first-order valence-corrected chi connectivity index (χ1v) is 7.73. The molecule has 0 aliphatic carbocycles. The van der Waals surface area contributed by atoms with Gasteiger partial charge in [0.15, 0.2) is 0 Å². The monoisotopic (exact) mass is 366 g/mol. The minimum Gasteiger partial charge on any atom is -0.0584 e. The molecule has 0 heterocycles. The Hall–Kier alpha value is -0.600. The smallest absolute Gasteiger partial charge is 0.0175 e. The number of hydrogen-bond acceptors (Lipinski definition) is 0. The average molecular weight is 368 g/mol. The van der Waals surface area contributed by atoms with Crippen LogP contribution >= 0.6 is 31.9 Å². The maximum Gasteiger partial charge on any atom is 0.0175 e. The quantitative estimate of drug-likeness (QED) is 0.626. The van der Waals surface area contributed by atoms with Gasteiger partial charge in [-0.3, -0.25) is 0 Å². The molecule has 0 nitrogen and oxygen atoms in total. The molecule has 0 bridgehead atoms. The van der Waals surface area contributed by atoms with Gasteiger partial charge in [-0.2, -0.15) is 0 Å². The molecule has 0 unspecified atom stereocenters. The molecule has 0 radical (unpaired) electrons. The third-order valence-corrected chi connectivity index (χ3v) is 4.28. The van der Waals surface area contributed by atoms with Gasteiger partial charge < -0.3 is 0 Å². The van der Waals surface area contributed by atoms with Crippen LogP contribution in [0.3, 0.4) is 0 Å². The molecule has 0 aliphatic heterocycles. The zero-order chi connectivity index (χ0) is 13.0. The van der Waals surface area contributed by atoms with Crippen molar-refractivity contribution in [2.75, 3.05) is 0 Å². The Morgan fingerprint density at radius 1 is 0.833 bits per heavy atom. The Balaban J connectivity index is 1.93. The topological polar surface area (TPSA) is 0 Å². The molecular weight excluding hydrogens is 352 g/mol. The van der Waals surface area contributed by atoms with E-state index < -0.39 is 0 Å². The lowest BCUT2D eigenvalue weighted by Crippen LogP contribution is -1.96. The zero-order valence-electron chi connectivity index (χ0n) is 10.4. The van der Waals surface area contributed by atoms with Crippen LogP contribution in [0.25, 0.3) is 0 Å². The van der Waals surface area contributed by atoms with Crippen molar-refractivity contribution in [1.29, 1.82) is 0 Å². The second kappa shape index (κ2) is 6.53. The lowest BCUT2D eigenvalue weighted by molar-refractivity contribution is 0.679. The fraction of sp³-hybridized carbons (Fsp3) is 0.250. The molecular formula is C16H16Br2. The second-order valence-electron chi connectivity index (χ2n) is 4.62. The molecule has 0 fully saturated rings. The minimum absolute atomic E-state index is 0.599. The van der Waals surface area contributed by atoms with E-state index in [0.29, 0.717) is 5.92 Å². The van der Waals surface area contributed by atoms with E-state index in [1.807, 2.05) is 0 Å². The van der Waals surface area contributed by atoms with Crippen molar-refractivity contribution in [1.82, 2.24) is 0 Å². The SMILES string of the molecule is C[C@H](CCc1ccc(Br)cc1)c1ccc(Br)cc1. The van der Waals surface area contributed by atoms with Crippen molar-refractivity contribution in [3.63, 3.8) is 0 Å². The molecule has 0 saturated heterocycles. The largest absolute Gasteiger partial charge is 0.0584 e. The van der Waals surface area contributed by atoms with E-state index in [2.05, 4.69) is 87.3 Å². The Morgan fingerprint density at radius 3 is 1.89 bits per heavy atom. The van der Waals surface area contributed by atoms with Gasteiger partial charge in [0.1, 0.15) is 0 Å². The van der Waals surface area contributed by atoms with E-state index in [0.717, 1.165) is 15.4 Å². The number of rotatable bonds is 4. The molecule has 0 amide bonds. The van der Waals surface area contributed by atoms with E-state index >= 15 is 0 Å². The molecule has 94 valence electrons. The van der Waals surface area contributed by atoms with Gasteiger partial charge in [-0.15, -0.1) is 0 Å². The molecule has 2 rings (SSSR count). The summed E-state index contributed by atoms with van der Waals surface area (Å²) in [5.74, 6) is 0.599. The molecule has 18 heavy (non-hydrogen) atoms. The minimum atomic E-state index is 0.599. The number of hydrogen-bond donors (Lipinski definition) is 0. The molecule has 2 aromatic carbocycles. The van der Waals surface area contributed by atoms with E-state index in [1.54, 1.807) is 0 Å². The summed E-state index contributed by atoms with van der Waals surface area (Å²) >= 11 is 6.94. The number of benzene rings is 2. The van der Waals surface area contributed by atoms with Crippen LogP contribution in [-0.2, 0) is 6.42 Å². The lowest BCUT2D eigenvalue weighted by Gasteiger charge is -2.12. The number of aryl methyl sites for hydroxylation is 1. The summed E-state index contributed by atoms with van der Waals surface area (Å²) in [5, 5.41) is 0. The van der Waals surface area contributed by atoms with E-state index in [9.17, 15) is 0 Å². The molecule has 0 aliphatic rings. The van der Waals surface area contributed by atoms with Crippen LogP contribution in [0, 0.1) is 0 Å². The van der Waals surface area contributed by atoms with Gasteiger partial charge in [-0.05, 0) is 54.2 Å². The summed E-state index contributed by atoms with van der Waals surface area (Å²) in [6, 6.07) is 17.2. The first kappa shape index (κ1) is 13.8. The summed E-state index contributed by atoms with van der Waals surface area (Å²) in [7, 11) is 0. The van der Waals surface area contributed by atoms with Crippen molar-refractivity contribution in [3.8, 4) is 0 Å². The number of halogens is 2. The summed E-state index contributed by atoms with van der Waals surface area (Å²) in [6.07, 6.45) is 2.31. The van der Waals surface area contributed by atoms with Crippen molar-refractivity contribution < 1.29 is 0 Å². The maximum absolute atomic E-state index is 3.47. The predicted molar refractivity (Wildman–Crippen MR) is 85.0 cm³/mol. The first-order chi connectivity index (χ1) is 8.65. The van der Waals surface area contributed by atoms with Gasteiger partial charge >= 0.3 is 0 Å². The Morgan fingerprint density at radius 2 is 1.33 bits per heavy atom. The van der Waals surface area contributed by atoms with Crippen LogP contribution in [0.4, 0.5) is 0 Å². The van der Waals surface area contributed by atoms with Gasteiger partial charge in [0, 0.05) is 8.95 Å². The van der Waals surface area contributed by atoms with Gasteiger partial charge in [-0.25, -0.2) is 0 Å². The zero-order valence-corrected chi connectivity index (χ0v) is 13.5. The van der Waals surface area contributed by atoms with E-state index in [-0.39, 0.29) is 0 Å². The highest BCUT2D eigenvalue weighted by Crippen LogP contribution is 2.23. The van der Waals surface area contributed by atoms with Crippen LogP contribution in [0.1, 0.15) is 30.4 Å². The Kier molecular flexibility index (Phi) is 5.02. The third-order valence-electron chi connectivity index (χ3n) is 3.22. The average Bonchev–Trinajstić information content (AvgIpc) is 2.38. The van der Waals surface area contributed by atoms with Crippen molar-refractivity contribution in [2.24, 2.45) is 0 Å². The summed E-state index contributed by atoms with van der Waals surface area (Å²) in [5.41, 5.74) is 2.82. The standard InChI is InChI=1S/C16H16Br2/c1-12(14-6-10-16(18)11-7-14)2-3-13-4-8-15(17)9-5-13/h4-12H,2-3H2,1H3/t12-/m1/s1. The van der Waals surface area contributed by atoms with Crippen molar-refractivity contribution >= 4 is 31.9 Å². The van der Waals surface area contributed by atoms with Gasteiger partial charge in [0.25, 0.3) is 0 Å². The van der Waals surface area contributed by atoms with Crippen LogP contribution in [0.5, 0.6) is 0 Å². The summed E-state index contributed by atoms with van der Waals surface area (Å²) < 4.78 is 2.29. The van der Waals surface area contributed by atoms with Gasteiger partial charge in [0.05, 0.1) is 0 Å². The first-order valence-electron chi connectivity index (χ1n) is 6.15. The van der Waals surface area contributed by atoms with Crippen molar-refractivity contribution in [3.05, 3.63) is 68.6 Å². The normalized spacial score (nSPS) is 12.4. The van der Waals surface area contributed by atoms with Crippen molar-refractivity contribution in [2.45, 2.75) is 25.7 Å². The second-order valence-corrected chi connectivity index (χ2v) is 6.45. The van der Waals surface area contributed by atoms with Gasteiger partial charge in [-0.1, -0.05) is 63.0 Å². The molecule has 1 atom stereocenters. The van der Waals surface area contributed by atoms with Crippen LogP contribution in [0.15, 0.2) is 57.5 Å². The van der Waals surface area contributed by atoms with E-state index in [1.165, 1.54) is 17.5 Å².